The van der Waals surface area contributed by atoms with E-state index in [1.54, 1.807) is 6.92 Å². The lowest BCUT2D eigenvalue weighted by Gasteiger charge is -1.94. The van der Waals surface area contributed by atoms with Crippen LogP contribution in [0.2, 0.25) is 0 Å². The zero-order valence-corrected chi connectivity index (χ0v) is 5.59. The van der Waals surface area contributed by atoms with Crippen LogP contribution in [0.5, 0.6) is 0 Å². The minimum absolute atomic E-state index is 0.183. The second kappa shape index (κ2) is 4.85. The van der Waals surface area contributed by atoms with Crippen molar-refractivity contribution in [3.63, 3.8) is 0 Å². The number of allylic oxidation sites excluding steroid dienone is 1. The fourth-order valence-electron chi connectivity index (χ4n) is 0.460. The highest BCUT2D eigenvalue weighted by Gasteiger charge is 1.86. The van der Waals surface area contributed by atoms with Crippen LogP contribution in [0.25, 0.3) is 0 Å². The Hall–Kier alpha value is -0.300. The van der Waals surface area contributed by atoms with E-state index < -0.39 is 0 Å². The molecule has 0 fully saturated rings. The van der Waals surface area contributed by atoms with Crippen LogP contribution in [0, 0.1) is 0 Å². The molecule has 0 aliphatic heterocycles. The van der Waals surface area contributed by atoms with Crippen molar-refractivity contribution < 1.29 is 5.11 Å². The quantitative estimate of drug-likeness (QED) is 0.554. The second-order valence-electron chi connectivity index (χ2n) is 1.96. The maximum atomic E-state index is 8.73. The molecule has 0 saturated heterocycles. The van der Waals surface area contributed by atoms with E-state index in [9.17, 15) is 0 Å². The maximum Gasteiger partial charge on any atom is 0.0546 e. The highest BCUT2D eigenvalue weighted by atomic mass is 16.3. The summed E-state index contributed by atoms with van der Waals surface area (Å²) in [5.41, 5.74) is 0. The summed E-state index contributed by atoms with van der Waals surface area (Å²) in [7, 11) is 0. The maximum absolute atomic E-state index is 8.73. The van der Waals surface area contributed by atoms with Crippen LogP contribution in [0.4, 0.5) is 0 Å². The monoisotopic (exact) mass is 114 g/mol. The third-order valence-corrected chi connectivity index (χ3v) is 0.880. The van der Waals surface area contributed by atoms with Crippen LogP contribution in [0.1, 0.15) is 26.7 Å². The van der Waals surface area contributed by atoms with Crippen molar-refractivity contribution >= 4 is 0 Å². The molecule has 0 aromatic rings. The number of hydrogen-bond donors (Lipinski definition) is 1. The van der Waals surface area contributed by atoms with Crippen molar-refractivity contribution in [2.45, 2.75) is 32.8 Å². The fourth-order valence-corrected chi connectivity index (χ4v) is 0.460. The first kappa shape index (κ1) is 7.70. The third kappa shape index (κ3) is 5.70. The largest absolute Gasteiger partial charge is 0.393 e. The van der Waals surface area contributed by atoms with E-state index in [0.29, 0.717) is 0 Å². The molecule has 8 heavy (non-hydrogen) atoms. The lowest BCUT2D eigenvalue weighted by Crippen LogP contribution is -1.94. The molecule has 48 valence electrons. The van der Waals surface area contributed by atoms with Gasteiger partial charge in [0.25, 0.3) is 0 Å². The lowest BCUT2D eigenvalue weighted by molar-refractivity contribution is 0.198. The smallest absolute Gasteiger partial charge is 0.0546 e. The zero-order chi connectivity index (χ0) is 6.41. The van der Waals surface area contributed by atoms with Gasteiger partial charge in [-0.2, -0.15) is 0 Å². The summed E-state index contributed by atoms with van der Waals surface area (Å²) in [5, 5.41) is 8.73. The van der Waals surface area contributed by atoms with Crippen LogP contribution >= 0.6 is 0 Å². The number of rotatable bonds is 3. The van der Waals surface area contributed by atoms with E-state index in [2.05, 4.69) is 13.0 Å². The molecule has 0 aromatic carbocycles. The second-order valence-corrected chi connectivity index (χ2v) is 1.96. The van der Waals surface area contributed by atoms with Crippen LogP contribution in [0.15, 0.2) is 12.2 Å². The SMILES string of the molecule is CCC=CC[C@H](C)O. The molecule has 0 unspecified atom stereocenters. The van der Waals surface area contributed by atoms with E-state index in [4.69, 9.17) is 5.11 Å². The van der Waals surface area contributed by atoms with Gasteiger partial charge in [-0.3, -0.25) is 0 Å². The molecular weight excluding hydrogens is 100 g/mol. The van der Waals surface area contributed by atoms with Gasteiger partial charge in [0.15, 0.2) is 0 Å². The zero-order valence-electron chi connectivity index (χ0n) is 5.59. The number of aliphatic hydroxyl groups excluding tert-OH is 1. The standard InChI is InChI=1S/C7H14O/c1-3-4-5-6-7(2)8/h4-5,7-8H,3,6H2,1-2H3/t7-/m0/s1. The molecule has 1 heteroatoms. The van der Waals surface area contributed by atoms with Crippen molar-refractivity contribution in [1.29, 1.82) is 0 Å². The topological polar surface area (TPSA) is 20.2 Å². The van der Waals surface area contributed by atoms with E-state index in [1.165, 1.54) is 0 Å². The summed E-state index contributed by atoms with van der Waals surface area (Å²) in [6.07, 6.45) is 5.73. The average Bonchev–Trinajstić information content (AvgIpc) is 1.66. The van der Waals surface area contributed by atoms with Crippen molar-refractivity contribution in [3.8, 4) is 0 Å². The van der Waals surface area contributed by atoms with Crippen molar-refractivity contribution in [2.75, 3.05) is 0 Å². The number of hydrogen-bond acceptors (Lipinski definition) is 1. The molecule has 0 aliphatic rings. The van der Waals surface area contributed by atoms with E-state index in [0.717, 1.165) is 12.8 Å². The Kier molecular flexibility index (Phi) is 4.67. The van der Waals surface area contributed by atoms with Crippen molar-refractivity contribution in [2.24, 2.45) is 0 Å². The summed E-state index contributed by atoms with van der Waals surface area (Å²) >= 11 is 0. The minimum atomic E-state index is -0.183. The summed E-state index contributed by atoms with van der Waals surface area (Å²) < 4.78 is 0. The summed E-state index contributed by atoms with van der Waals surface area (Å²) in [6.45, 7) is 3.87. The average molecular weight is 114 g/mol. The number of aliphatic hydroxyl groups is 1. The molecule has 0 bridgehead atoms. The Morgan fingerprint density at radius 1 is 1.50 bits per heavy atom. The van der Waals surface area contributed by atoms with Gasteiger partial charge < -0.3 is 5.11 Å². The summed E-state index contributed by atoms with van der Waals surface area (Å²) in [6, 6.07) is 0. The van der Waals surface area contributed by atoms with Crippen LogP contribution in [-0.2, 0) is 0 Å². The predicted octanol–water partition coefficient (Wildman–Crippen LogP) is 1.72. The van der Waals surface area contributed by atoms with Gasteiger partial charge in [0.05, 0.1) is 6.10 Å². The molecule has 0 rings (SSSR count). The Labute approximate surface area is 51.0 Å². The Bertz CT molecular complexity index is 64.8. The van der Waals surface area contributed by atoms with E-state index in [-0.39, 0.29) is 6.10 Å². The van der Waals surface area contributed by atoms with Gasteiger partial charge in [-0.1, -0.05) is 19.1 Å². The van der Waals surface area contributed by atoms with Gasteiger partial charge in [0.2, 0.25) is 0 Å². The molecule has 0 spiro atoms. The predicted molar refractivity (Wildman–Crippen MR) is 35.7 cm³/mol. The first-order chi connectivity index (χ1) is 3.77. The highest BCUT2D eigenvalue weighted by molar-refractivity contribution is 4.81. The molecule has 0 aromatic heterocycles. The highest BCUT2D eigenvalue weighted by Crippen LogP contribution is 1.91. The third-order valence-electron chi connectivity index (χ3n) is 0.880. The molecule has 0 saturated carbocycles. The lowest BCUT2D eigenvalue weighted by atomic mass is 10.2. The van der Waals surface area contributed by atoms with Crippen molar-refractivity contribution in [1.82, 2.24) is 0 Å². The van der Waals surface area contributed by atoms with E-state index in [1.807, 2.05) is 6.08 Å². The molecule has 0 aliphatic carbocycles. The van der Waals surface area contributed by atoms with Gasteiger partial charge in [0.1, 0.15) is 0 Å². The molecule has 1 N–H and O–H groups in total. The van der Waals surface area contributed by atoms with Crippen molar-refractivity contribution in [3.05, 3.63) is 12.2 Å². The summed E-state index contributed by atoms with van der Waals surface area (Å²) in [4.78, 5) is 0. The van der Waals surface area contributed by atoms with Gasteiger partial charge in [-0.25, -0.2) is 0 Å². The molecule has 0 heterocycles. The van der Waals surface area contributed by atoms with Gasteiger partial charge in [-0.15, -0.1) is 0 Å². The fraction of sp³-hybridized carbons (Fsp3) is 0.714. The van der Waals surface area contributed by atoms with Gasteiger partial charge >= 0.3 is 0 Å². The summed E-state index contributed by atoms with van der Waals surface area (Å²) in [5.74, 6) is 0. The molecule has 1 atom stereocenters. The first-order valence-corrected chi connectivity index (χ1v) is 3.10. The van der Waals surface area contributed by atoms with Crippen LogP contribution in [-0.4, -0.2) is 11.2 Å². The molecular formula is C7H14O. The molecule has 0 radical (unpaired) electrons. The molecule has 1 nitrogen and oxygen atoms in total. The van der Waals surface area contributed by atoms with Crippen LogP contribution in [0.3, 0.4) is 0 Å². The van der Waals surface area contributed by atoms with Gasteiger partial charge in [0, 0.05) is 0 Å². The minimum Gasteiger partial charge on any atom is -0.393 e. The Morgan fingerprint density at radius 2 is 2.12 bits per heavy atom. The molecule has 0 amide bonds. The Balaban J connectivity index is 3.03. The van der Waals surface area contributed by atoms with E-state index >= 15 is 0 Å². The van der Waals surface area contributed by atoms with Crippen LogP contribution < -0.4 is 0 Å². The van der Waals surface area contributed by atoms with Gasteiger partial charge in [-0.05, 0) is 19.8 Å². The normalized spacial score (nSPS) is 14.9. The first-order valence-electron chi connectivity index (χ1n) is 3.10. The Morgan fingerprint density at radius 3 is 2.50 bits per heavy atom.